The highest BCUT2D eigenvalue weighted by Gasteiger charge is 2.26. The highest BCUT2D eigenvalue weighted by molar-refractivity contribution is 5.97. The van der Waals surface area contributed by atoms with Gasteiger partial charge in [0.2, 0.25) is 0 Å². The van der Waals surface area contributed by atoms with Crippen LogP contribution in [0.15, 0.2) is 36.8 Å². The molecule has 3 aromatic rings. The average Bonchev–Trinajstić information content (AvgIpc) is 3.10. The summed E-state index contributed by atoms with van der Waals surface area (Å²) in [5.74, 6) is 0.302. The number of fused-ring (bicyclic) bond motifs is 1. The molecular formula is C17H17N3O2. The first-order chi connectivity index (χ1) is 10.8. The molecule has 0 radical (unpaired) electrons. The Balaban J connectivity index is 1.77. The number of carbonyl (C=O) groups is 1. The molecule has 1 aliphatic carbocycles. The number of rotatable bonds is 4. The molecule has 0 spiro atoms. The van der Waals surface area contributed by atoms with E-state index in [9.17, 15) is 4.79 Å². The third kappa shape index (κ3) is 2.19. The summed E-state index contributed by atoms with van der Waals surface area (Å²) in [6.45, 7) is 2.17. The van der Waals surface area contributed by atoms with E-state index >= 15 is 0 Å². The quantitative estimate of drug-likeness (QED) is 0.750. The third-order valence-electron chi connectivity index (χ3n) is 4.01. The number of hydrogen-bond acceptors (Lipinski definition) is 3. The van der Waals surface area contributed by atoms with Crippen molar-refractivity contribution >= 4 is 16.9 Å². The van der Waals surface area contributed by atoms with E-state index < -0.39 is 0 Å². The summed E-state index contributed by atoms with van der Waals surface area (Å²) in [5, 5.41) is 0.991. The van der Waals surface area contributed by atoms with Gasteiger partial charge in [0, 0.05) is 23.0 Å². The zero-order valence-electron chi connectivity index (χ0n) is 12.4. The van der Waals surface area contributed by atoms with Crippen molar-refractivity contribution in [3.8, 4) is 5.69 Å². The molecule has 1 aromatic carbocycles. The molecule has 4 rings (SSSR count). The van der Waals surface area contributed by atoms with Gasteiger partial charge in [0.25, 0.3) is 0 Å². The van der Waals surface area contributed by atoms with Gasteiger partial charge in [-0.2, -0.15) is 0 Å². The Morgan fingerprint density at radius 3 is 3.09 bits per heavy atom. The Morgan fingerprint density at radius 1 is 1.45 bits per heavy atom. The van der Waals surface area contributed by atoms with Crippen molar-refractivity contribution in [1.82, 2.24) is 14.5 Å². The standard InChI is InChI=1S/C17H17N3O2/c1-2-22-17(21)14-8-12-13(19-14)4-3-5-16(12)20-9-15(18-10-20)11-6-7-11/h3-5,8-11,19H,2,6-7H2,1H3. The molecule has 1 aliphatic rings. The molecule has 0 unspecified atom stereocenters. The van der Waals surface area contributed by atoms with E-state index in [4.69, 9.17) is 4.74 Å². The van der Waals surface area contributed by atoms with E-state index in [0.717, 1.165) is 22.3 Å². The molecule has 22 heavy (non-hydrogen) atoms. The third-order valence-corrected chi connectivity index (χ3v) is 4.01. The molecule has 0 amide bonds. The number of esters is 1. The summed E-state index contributed by atoms with van der Waals surface area (Å²) in [6, 6.07) is 7.81. The second-order valence-electron chi connectivity index (χ2n) is 5.62. The topological polar surface area (TPSA) is 59.9 Å². The van der Waals surface area contributed by atoms with Gasteiger partial charge < -0.3 is 14.3 Å². The second-order valence-corrected chi connectivity index (χ2v) is 5.62. The SMILES string of the molecule is CCOC(=O)c1cc2c(-n3cnc(C4CC4)c3)cccc2[nH]1. The zero-order valence-corrected chi connectivity index (χ0v) is 12.4. The highest BCUT2D eigenvalue weighted by atomic mass is 16.5. The van der Waals surface area contributed by atoms with Gasteiger partial charge in [0.1, 0.15) is 5.69 Å². The van der Waals surface area contributed by atoms with Crippen LogP contribution in [0.4, 0.5) is 0 Å². The fourth-order valence-electron chi connectivity index (χ4n) is 2.74. The summed E-state index contributed by atoms with van der Waals surface area (Å²) in [6.07, 6.45) is 6.40. The summed E-state index contributed by atoms with van der Waals surface area (Å²) in [4.78, 5) is 19.5. The molecule has 0 aliphatic heterocycles. The van der Waals surface area contributed by atoms with E-state index in [1.54, 1.807) is 6.92 Å². The Labute approximate surface area is 127 Å². The Bertz CT molecular complexity index is 843. The van der Waals surface area contributed by atoms with Crippen molar-refractivity contribution in [2.24, 2.45) is 0 Å². The summed E-state index contributed by atoms with van der Waals surface area (Å²) in [5.41, 5.74) is 3.57. The fourth-order valence-corrected chi connectivity index (χ4v) is 2.74. The first-order valence-corrected chi connectivity index (χ1v) is 7.59. The van der Waals surface area contributed by atoms with Crippen molar-refractivity contribution in [1.29, 1.82) is 0 Å². The average molecular weight is 295 g/mol. The first kappa shape index (κ1) is 13.1. The van der Waals surface area contributed by atoms with Gasteiger partial charge in [-0.3, -0.25) is 0 Å². The van der Waals surface area contributed by atoms with E-state index in [0.29, 0.717) is 18.2 Å². The lowest BCUT2D eigenvalue weighted by molar-refractivity contribution is 0.0520. The van der Waals surface area contributed by atoms with E-state index in [1.165, 1.54) is 12.8 Å². The van der Waals surface area contributed by atoms with E-state index in [2.05, 4.69) is 16.2 Å². The minimum Gasteiger partial charge on any atom is -0.461 e. The number of aromatic nitrogens is 3. The molecular weight excluding hydrogens is 278 g/mol. The second kappa shape index (κ2) is 5.02. The molecule has 2 heterocycles. The molecule has 5 heteroatoms. The Morgan fingerprint density at radius 2 is 2.32 bits per heavy atom. The van der Waals surface area contributed by atoms with Crippen LogP contribution in [0.3, 0.4) is 0 Å². The number of carbonyl (C=O) groups excluding carboxylic acids is 1. The van der Waals surface area contributed by atoms with Gasteiger partial charge in [-0.15, -0.1) is 0 Å². The van der Waals surface area contributed by atoms with Crippen LogP contribution in [0.2, 0.25) is 0 Å². The summed E-state index contributed by atoms with van der Waals surface area (Å²) < 4.78 is 7.08. The number of ether oxygens (including phenoxy) is 1. The van der Waals surface area contributed by atoms with Crippen molar-refractivity contribution in [2.75, 3.05) is 6.61 Å². The van der Waals surface area contributed by atoms with Crippen molar-refractivity contribution in [2.45, 2.75) is 25.7 Å². The van der Waals surface area contributed by atoms with E-state index in [1.807, 2.05) is 35.2 Å². The monoisotopic (exact) mass is 295 g/mol. The molecule has 0 saturated heterocycles. The number of hydrogen-bond donors (Lipinski definition) is 1. The van der Waals surface area contributed by atoms with Crippen LogP contribution >= 0.6 is 0 Å². The predicted octanol–water partition coefficient (Wildman–Crippen LogP) is 3.41. The maximum Gasteiger partial charge on any atom is 0.354 e. The normalized spacial score (nSPS) is 14.4. The molecule has 1 N–H and O–H groups in total. The summed E-state index contributed by atoms with van der Waals surface area (Å²) >= 11 is 0. The molecule has 1 fully saturated rings. The largest absolute Gasteiger partial charge is 0.461 e. The number of nitrogens with zero attached hydrogens (tertiary/aromatic N) is 2. The van der Waals surface area contributed by atoms with Gasteiger partial charge in [0.15, 0.2) is 0 Å². The maximum atomic E-state index is 11.9. The molecule has 0 bridgehead atoms. The first-order valence-electron chi connectivity index (χ1n) is 7.59. The highest BCUT2D eigenvalue weighted by Crippen LogP contribution is 2.39. The smallest absolute Gasteiger partial charge is 0.354 e. The minimum atomic E-state index is -0.325. The maximum absolute atomic E-state index is 11.9. The molecule has 112 valence electrons. The van der Waals surface area contributed by atoms with Crippen LogP contribution in [-0.2, 0) is 4.74 Å². The molecule has 0 atom stereocenters. The van der Waals surface area contributed by atoms with Gasteiger partial charge in [-0.1, -0.05) is 6.07 Å². The number of benzene rings is 1. The Hall–Kier alpha value is -2.56. The lowest BCUT2D eigenvalue weighted by Gasteiger charge is -2.03. The molecule has 1 saturated carbocycles. The van der Waals surface area contributed by atoms with Crippen molar-refractivity contribution in [3.63, 3.8) is 0 Å². The predicted molar refractivity (Wildman–Crippen MR) is 83.4 cm³/mol. The molecule has 2 aromatic heterocycles. The van der Waals surface area contributed by atoms with Crippen LogP contribution in [0, 0.1) is 0 Å². The van der Waals surface area contributed by atoms with Gasteiger partial charge >= 0.3 is 5.97 Å². The number of H-pyrrole nitrogens is 1. The van der Waals surface area contributed by atoms with Gasteiger partial charge in [-0.05, 0) is 38.0 Å². The van der Waals surface area contributed by atoms with Crippen molar-refractivity contribution < 1.29 is 9.53 Å². The van der Waals surface area contributed by atoms with E-state index in [-0.39, 0.29) is 5.97 Å². The zero-order chi connectivity index (χ0) is 15.1. The summed E-state index contributed by atoms with van der Waals surface area (Å²) in [7, 11) is 0. The number of aromatic amines is 1. The van der Waals surface area contributed by atoms with Gasteiger partial charge in [0.05, 0.1) is 24.3 Å². The lowest BCUT2D eigenvalue weighted by Crippen LogP contribution is -2.04. The van der Waals surface area contributed by atoms with Crippen molar-refractivity contribution in [3.05, 3.63) is 48.2 Å². The number of nitrogens with one attached hydrogen (secondary N) is 1. The minimum absolute atomic E-state index is 0.325. The Kier molecular flexibility index (Phi) is 2.99. The van der Waals surface area contributed by atoms with Crippen LogP contribution in [-0.4, -0.2) is 27.1 Å². The number of imidazole rings is 1. The van der Waals surface area contributed by atoms with Crippen LogP contribution in [0.5, 0.6) is 0 Å². The van der Waals surface area contributed by atoms with Gasteiger partial charge in [-0.25, -0.2) is 9.78 Å². The van der Waals surface area contributed by atoms with Crippen LogP contribution in [0.25, 0.3) is 16.6 Å². The fraction of sp³-hybridized carbons (Fsp3) is 0.294. The lowest BCUT2D eigenvalue weighted by atomic mass is 10.2. The van der Waals surface area contributed by atoms with Crippen LogP contribution in [0.1, 0.15) is 41.9 Å². The molecule has 5 nitrogen and oxygen atoms in total. The van der Waals surface area contributed by atoms with Crippen LogP contribution < -0.4 is 0 Å².